The molecule has 18 heavy (non-hydrogen) atoms. The van der Waals surface area contributed by atoms with Crippen molar-refractivity contribution in [2.75, 3.05) is 6.61 Å². The molecule has 0 spiro atoms. The van der Waals surface area contributed by atoms with Gasteiger partial charge in [-0.3, -0.25) is 0 Å². The molecule has 0 aliphatic carbocycles. The van der Waals surface area contributed by atoms with Crippen molar-refractivity contribution >= 4 is 26.6 Å². The Bertz CT molecular complexity index is 470. The van der Waals surface area contributed by atoms with Crippen molar-refractivity contribution in [3.63, 3.8) is 0 Å². The Morgan fingerprint density at radius 1 is 1.06 bits per heavy atom. The van der Waals surface area contributed by atoms with Gasteiger partial charge in [-0.1, -0.05) is 60.2 Å². The fourth-order valence-electron chi connectivity index (χ4n) is 1.72. The van der Waals surface area contributed by atoms with Crippen LogP contribution in [0, 0.1) is 6.92 Å². The second-order valence-corrected chi connectivity index (χ2v) is 6.42. The van der Waals surface area contributed by atoms with E-state index in [0.717, 1.165) is 5.56 Å². The van der Waals surface area contributed by atoms with Gasteiger partial charge in [0.15, 0.2) is 9.76 Å². The van der Waals surface area contributed by atoms with E-state index >= 15 is 0 Å². The Balaban J connectivity index is 1.80. The predicted molar refractivity (Wildman–Crippen MR) is 80.3 cm³/mol. The average molecular weight is 277 g/mol. The Hall–Kier alpha value is -1.09. The van der Waals surface area contributed by atoms with E-state index in [9.17, 15) is 0 Å². The molecule has 94 valence electrons. The van der Waals surface area contributed by atoms with Gasteiger partial charge in [0.25, 0.3) is 0 Å². The molecule has 0 N–H and O–H groups in total. The highest BCUT2D eigenvalue weighted by molar-refractivity contribution is 6.46. The van der Waals surface area contributed by atoms with Crippen LogP contribution in [0.3, 0.4) is 0 Å². The molecule has 0 saturated carbocycles. The minimum absolute atomic E-state index is 0.0517. The number of aryl methyl sites for hydroxylation is 1. The molecule has 0 bridgehead atoms. The Morgan fingerprint density at radius 3 is 2.39 bits per heavy atom. The van der Waals surface area contributed by atoms with Crippen molar-refractivity contribution in [3.8, 4) is 0 Å². The highest BCUT2D eigenvalue weighted by atomic mass is 35.5. The zero-order chi connectivity index (χ0) is 12.8. The van der Waals surface area contributed by atoms with Crippen LogP contribution in [0.5, 0.6) is 0 Å². The van der Waals surface area contributed by atoms with Crippen LogP contribution in [0.25, 0.3) is 0 Å². The fraction of sp³-hybridized carbons (Fsp3) is 0.200. The molecule has 0 saturated heterocycles. The van der Waals surface area contributed by atoms with Gasteiger partial charge < -0.3 is 4.43 Å². The summed E-state index contributed by atoms with van der Waals surface area (Å²) in [7, 11) is -0.660. The molecule has 0 aliphatic heterocycles. The van der Waals surface area contributed by atoms with Gasteiger partial charge in [-0.25, -0.2) is 0 Å². The normalized spacial score (nSPS) is 13.0. The predicted octanol–water partition coefficient (Wildman–Crippen LogP) is 2.70. The molecule has 2 aromatic carbocycles. The summed E-state index contributed by atoms with van der Waals surface area (Å²) in [6, 6.07) is 18.6. The van der Waals surface area contributed by atoms with E-state index in [1.807, 2.05) is 30.3 Å². The fourth-order valence-corrected chi connectivity index (χ4v) is 3.12. The zero-order valence-corrected chi connectivity index (χ0v) is 12.6. The standard InChI is InChI=1S/C15H17ClOSi/c1-12-7-9-14(10-8-12)18-17-11-15(16)13-5-3-2-4-6-13/h2-10,15H,11,18H2,1H3. The summed E-state index contributed by atoms with van der Waals surface area (Å²) in [6.07, 6.45) is 0. The minimum atomic E-state index is -0.660. The first-order valence-electron chi connectivity index (χ1n) is 6.08. The van der Waals surface area contributed by atoms with Gasteiger partial charge in [-0.05, 0) is 17.7 Å². The molecule has 0 fully saturated rings. The van der Waals surface area contributed by atoms with E-state index in [0.29, 0.717) is 6.61 Å². The number of halogens is 1. The quantitative estimate of drug-likeness (QED) is 0.603. The molecule has 0 radical (unpaired) electrons. The van der Waals surface area contributed by atoms with E-state index in [-0.39, 0.29) is 5.38 Å². The van der Waals surface area contributed by atoms with Gasteiger partial charge >= 0.3 is 0 Å². The number of hydrogen-bond acceptors (Lipinski definition) is 1. The highest BCUT2D eigenvalue weighted by Crippen LogP contribution is 2.19. The van der Waals surface area contributed by atoms with Crippen LogP contribution in [0.4, 0.5) is 0 Å². The second kappa shape index (κ2) is 6.74. The molecule has 1 atom stereocenters. The lowest BCUT2D eigenvalue weighted by atomic mass is 10.2. The molecule has 1 nitrogen and oxygen atoms in total. The van der Waals surface area contributed by atoms with Gasteiger partial charge in [0.2, 0.25) is 0 Å². The van der Waals surface area contributed by atoms with E-state index in [4.69, 9.17) is 16.0 Å². The molecule has 0 amide bonds. The molecular formula is C15H17ClOSi. The Kier molecular flexibility index (Phi) is 4.99. The van der Waals surface area contributed by atoms with Crippen LogP contribution in [0.1, 0.15) is 16.5 Å². The summed E-state index contributed by atoms with van der Waals surface area (Å²) in [4.78, 5) is 0. The summed E-state index contributed by atoms with van der Waals surface area (Å²) >= 11 is 6.29. The van der Waals surface area contributed by atoms with Crippen molar-refractivity contribution < 1.29 is 4.43 Å². The Labute approximate surface area is 116 Å². The van der Waals surface area contributed by atoms with Crippen molar-refractivity contribution in [2.24, 2.45) is 0 Å². The first-order valence-corrected chi connectivity index (χ1v) is 7.80. The SMILES string of the molecule is Cc1ccc([SiH2]OCC(Cl)c2ccccc2)cc1. The monoisotopic (exact) mass is 276 g/mol. The minimum Gasteiger partial charge on any atom is -0.417 e. The maximum atomic E-state index is 6.29. The first kappa shape index (κ1) is 13.3. The van der Waals surface area contributed by atoms with Gasteiger partial charge in [0.05, 0.1) is 12.0 Å². The summed E-state index contributed by atoms with van der Waals surface area (Å²) in [6.45, 7) is 2.68. The van der Waals surface area contributed by atoms with E-state index in [1.54, 1.807) is 0 Å². The van der Waals surface area contributed by atoms with E-state index in [1.165, 1.54) is 10.8 Å². The summed E-state index contributed by atoms with van der Waals surface area (Å²) in [5.74, 6) is 0. The molecule has 2 aromatic rings. The van der Waals surface area contributed by atoms with Crippen LogP contribution < -0.4 is 5.19 Å². The lowest BCUT2D eigenvalue weighted by Gasteiger charge is -2.10. The van der Waals surface area contributed by atoms with Gasteiger partial charge in [-0.15, -0.1) is 11.6 Å². The van der Waals surface area contributed by atoms with E-state index in [2.05, 4.69) is 31.2 Å². The first-order chi connectivity index (χ1) is 8.75. The highest BCUT2D eigenvalue weighted by Gasteiger charge is 2.07. The lowest BCUT2D eigenvalue weighted by molar-refractivity contribution is 0.340. The van der Waals surface area contributed by atoms with Gasteiger partial charge in [0, 0.05) is 0 Å². The molecule has 0 aromatic heterocycles. The molecule has 2 rings (SSSR count). The maximum absolute atomic E-state index is 6.29. The van der Waals surface area contributed by atoms with Crippen LogP contribution in [-0.2, 0) is 4.43 Å². The number of hydrogen-bond donors (Lipinski definition) is 0. The van der Waals surface area contributed by atoms with Crippen molar-refractivity contribution in [2.45, 2.75) is 12.3 Å². The second-order valence-electron chi connectivity index (χ2n) is 4.38. The van der Waals surface area contributed by atoms with Crippen LogP contribution in [-0.4, -0.2) is 16.4 Å². The number of alkyl halides is 1. The average Bonchev–Trinajstić information content (AvgIpc) is 2.42. The number of rotatable bonds is 5. The largest absolute Gasteiger partial charge is 0.417 e. The van der Waals surface area contributed by atoms with Gasteiger partial charge in [0.1, 0.15) is 0 Å². The third-order valence-electron chi connectivity index (χ3n) is 2.81. The maximum Gasteiger partial charge on any atom is 0.192 e. The summed E-state index contributed by atoms with van der Waals surface area (Å²) in [5, 5.41) is 1.27. The van der Waals surface area contributed by atoms with Crippen LogP contribution >= 0.6 is 11.6 Å². The topological polar surface area (TPSA) is 9.23 Å². The van der Waals surface area contributed by atoms with Gasteiger partial charge in [-0.2, -0.15) is 0 Å². The smallest absolute Gasteiger partial charge is 0.192 e. The lowest BCUT2D eigenvalue weighted by Crippen LogP contribution is -2.19. The third kappa shape index (κ3) is 3.98. The number of benzene rings is 2. The van der Waals surface area contributed by atoms with Crippen molar-refractivity contribution in [1.82, 2.24) is 0 Å². The summed E-state index contributed by atoms with van der Waals surface area (Å²) < 4.78 is 5.78. The van der Waals surface area contributed by atoms with Crippen LogP contribution in [0.15, 0.2) is 54.6 Å². The Morgan fingerprint density at radius 2 is 1.72 bits per heavy atom. The molecule has 3 heteroatoms. The van der Waals surface area contributed by atoms with E-state index < -0.39 is 9.76 Å². The molecular weight excluding hydrogens is 260 g/mol. The molecule has 0 heterocycles. The van der Waals surface area contributed by atoms with Crippen molar-refractivity contribution in [1.29, 1.82) is 0 Å². The van der Waals surface area contributed by atoms with Crippen molar-refractivity contribution in [3.05, 3.63) is 65.7 Å². The summed E-state index contributed by atoms with van der Waals surface area (Å²) in [5.41, 5.74) is 2.41. The zero-order valence-electron chi connectivity index (χ0n) is 10.5. The molecule has 1 unspecified atom stereocenters. The third-order valence-corrected chi connectivity index (χ3v) is 4.44. The molecule has 0 aliphatic rings. The van der Waals surface area contributed by atoms with Crippen LogP contribution in [0.2, 0.25) is 0 Å².